The van der Waals surface area contributed by atoms with Crippen LogP contribution < -0.4 is 4.74 Å². The fourth-order valence-electron chi connectivity index (χ4n) is 3.02. The van der Waals surface area contributed by atoms with Crippen LogP contribution in [-0.4, -0.2) is 36.1 Å². The van der Waals surface area contributed by atoms with E-state index in [9.17, 15) is 4.79 Å². The van der Waals surface area contributed by atoms with Gasteiger partial charge >= 0.3 is 0 Å². The van der Waals surface area contributed by atoms with Gasteiger partial charge in [-0.2, -0.15) is 0 Å². The van der Waals surface area contributed by atoms with Gasteiger partial charge in [-0.1, -0.05) is 35.9 Å². The van der Waals surface area contributed by atoms with Gasteiger partial charge in [-0.15, -0.1) is 0 Å². The maximum absolute atomic E-state index is 12.9. The van der Waals surface area contributed by atoms with Crippen LogP contribution in [0.5, 0.6) is 5.75 Å². The normalized spacial score (nSPS) is 20.4. The lowest BCUT2D eigenvalue weighted by Gasteiger charge is -2.35. The van der Waals surface area contributed by atoms with Gasteiger partial charge in [0.25, 0.3) is 5.91 Å². The quantitative estimate of drug-likeness (QED) is 0.822. The number of carbonyl (C=O) groups excluding carboxylic acids is 1. The molecule has 1 aliphatic heterocycles. The lowest BCUT2D eigenvalue weighted by Crippen LogP contribution is -2.48. The van der Waals surface area contributed by atoms with Crippen molar-refractivity contribution in [2.24, 2.45) is 0 Å². The number of rotatable bonds is 4. The van der Waals surface area contributed by atoms with Crippen LogP contribution in [0.1, 0.15) is 29.8 Å². The van der Waals surface area contributed by atoms with Crippen molar-refractivity contribution in [3.8, 4) is 5.75 Å². The first kappa shape index (κ1) is 17.8. The second-order valence-electron chi connectivity index (χ2n) is 6.38. The Balaban J connectivity index is 1.73. The molecule has 0 aliphatic carbocycles. The third-order valence-corrected chi connectivity index (χ3v) is 4.38. The molecule has 0 radical (unpaired) electrons. The monoisotopic (exact) mass is 359 g/mol. The van der Waals surface area contributed by atoms with Crippen LogP contribution in [0, 0.1) is 0 Å². The number of morpholine rings is 1. The molecule has 25 heavy (non-hydrogen) atoms. The summed E-state index contributed by atoms with van der Waals surface area (Å²) in [5.74, 6) is 0.572. The van der Waals surface area contributed by atoms with Gasteiger partial charge in [0.15, 0.2) is 0 Å². The lowest BCUT2D eigenvalue weighted by atomic mass is 10.1. The minimum Gasteiger partial charge on any atom is -0.488 e. The Morgan fingerprint density at radius 2 is 1.76 bits per heavy atom. The predicted molar refractivity (Wildman–Crippen MR) is 98.1 cm³/mol. The van der Waals surface area contributed by atoms with Gasteiger partial charge in [-0.25, -0.2) is 0 Å². The van der Waals surface area contributed by atoms with E-state index >= 15 is 0 Å². The molecule has 0 spiro atoms. The van der Waals surface area contributed by atoms with E-state index < -0.39 is 0 Å². The van der Waals surface area contributed by atoms with Crippen LogP contribution in [0.3, 0.4) is 0 Å². The van der Waals surface area contributed by atoms with Crippen LogP contribution in [-0.2, 0) is 11.3 Å². The number of para-hydroxylation sites is 1. The Hall–Kier alpha value is -2.04. The highest BCUT2D eigenvalue weighted by atomic mass is 35.5. The smallest absolute Gasteiger partial charge is 0.257 e. The Kier molecular flexibility index (Phi) is 5.61. The van der Waals surface area contributed by atoms with Gasteiger partial charge in [-0.05, 0) is 43.7 Å². The van der Waals surface area contributed by atoms with Gasteiger partial charge in [-0.3, -0.25) is 4.79 Å². The summed E-state index contributed by atoms with van der Waals surface area (Å²) in [5.41, 5.74) is 1.58. The molecular formula is C20H22ClNO3. The molecule has 3 rings (SSSR count). The van der Waals surface area contributed by atoms with E-state index in [1.54, 1.807) is 0 Å². The Morgan fingerprint density at radius 3 is 2.44 bits per heavy atom. The third kappa shape index (κ3) is 4.53. The number of hydrogen-bond donors (Lipinski definition) is 0. The van der Waals surface area contributed by atoms with E-state index in [4.69, 9.17) is 21.1 Å². The molecule has 4 nitrogen and oxygen atoms in total. The summed E-state index contributed by atoms with van der Waals surface area (Å²) in [7, 11) is 0. The molecule has 0 unspecified atom stereocenters. The topological polar surface area (TPSA) is 38.8 Å². The highest BCUT2D eigenvalue weighted by molar-refractivity contribution is 6.30. The number of amides is 1. The van der Waals surface area contributed by atoms with Crippen molar-refractivity contribution in [2.75, 3.05) is 13.1 Å². The summed E-state index contributed by atoms with van der Waals surface area (Å²) in [4.78, 5) is 14.8. The van der Waals surface area contributed by atoms with Gasteiger partial charge in [0.2, 0.25) is 0 Å². The summed E-state index contributed by atoms with van der Waals surface area (Å²) < 4.78 is 11.6. The molecule has 2 aromatic carbocycles. The Morgan fingerprint density at radius 1 is 1.12 bits per heavy atom. The van der Waals surface area contributed by atoms with E-state index in [0.717, 1.165) is 5.56 Å². The predicted octanol–water partition coefficient (Wildman–Crippen LogP) is 4.17. The second kappa shape index (κ2) is 7.89. The van der Waals surface area contributed by atoms with E-state index in [1.807, 2.05) is 67.3 Å². The van der Waals surface area contributed by atoms with Crippen LogP contribution >= 0.6 is 11.6 Å². The molecule has 5 heteroatoms. The van der Waals surface area contributed by atoms with E-state index in [0.29, 0.717) is 36.0 Å². The molecule has 0 bridgehead atoms. The molecule has 0 aromatic heterocycles. The zero-order valence-corrected chi connectivity index (χ0v) is 15.2. The molecule has 0 saturated carbocycles. The first-order valence-corrected chi connectivity index (χ1v) is 8.81. The molecule has 1 heterocycles. The Bertz CT molecular complexity index is 722. The maximum Gasteiger partial charge on any atom is 0.257 e. The van der Waals surface area contributed by atoms with Crippen LogP contribution in [0.25, 0.3) is 0 Å². The SMILES string of the molecule is C[C@@H]1CN(C(=O)c2ccccc2OCc2ccc(Cl)cc2)C[C@H](C)O1. The molecule has 1 aliphatic rings. The van der Waals surface area contributed by atoms with Crippen LogP contribution in [0.4, 0.5) is 0 Å². The molecular weight excluding hydrogens is 338 g/mol. The fraction of sp³-hybridized carbons (Fsp3) is 0.350. The zero-order chi connectivity index (χ0) is 17.8. The maximum atomic E-state index is 12.9. The summed E-state index contributed by atoms with van der Waals surface area (Å²) in [6.07, 6.45) is 0.0738. The van der Waals surface area contributed by atoms with Gasteiger partial charge in [0.05, 0.1) is 17.8 Å². The first-order chi connectivity index (χ1) is 12.0. The molecule has 1 fully saturated rings. The molecule has 132 valence electrons. The summed E-state index contributed by atoms with van der Waals surface area (Å²) in [6, 6.07) is 14.9. The van der Waals surface area contributed by atoms with E-state index in [2.05, 4.69) is 0 Å². The van der Waals surface area contributed by atoms with Crippen molar-refractivity contribution in [1.29, 1.82) is 0 Å². The number of ether oxygens (including phenoxy) is 2. The number of hydrogen-bond acceptors (Lipinski definition) is 3. The van der Waals surface area contributed by atoms with Gasteiger partial charge < -0.3 is 14.4 Å². The van der Waals surface area contributed by atoms with Crippen molar-refractivity contribution >= 4 is 17.5 Å². The summed E-state index contributed by atoms with van der Waals surface area (Å²) in [6.45, 7) is 5.54. The van der Waals surface area contributed by atoms with Crippen LogP contribution in [0.15, 0.2) is 48.5 Å². The molecule has 1 saturated heterocycles. The van der Waals surface area contributed by atoms with Crippen molar-refractivity contribution < 1.29 is 14.3 Å². The highest BCUT2D eigenvalue weighted by Crippen LogP contribution is 2.23. The van der Waals surface area contributed by atoms with Crippen molar-refractivity contribution in [1.82, 2.24) is 4.90 Å². The van der Waals surface area contributed by atoms with Crippen molar-refractivity contribution in [3.63, 3.8) is 0 Å². The molecule has 1 amide bonds. The van der Waals surface area contributed by atoms with Gasteiger partial charge in [0, 0.05) is 18.1 Å². The van der Waals surface area contributed by atoms with Crippen molar-refractivity contribution in [3.05, 3.63) is 64.7 Å². The standard InChI is InChI=1S/C20H22ClNO3/c1-14-11-22(12-15(2)25-14)20(23)18-5-3-4-6-19(18)24-13-16-7-9-17(21)10-8-16/h3-10,14-15H,11-13H2,1-2H3/t14-,15+. The lowest BCUT2D eigenvalue weighted by molar-refractivity contribution is -0.0586. The Labute approximate surface area is 153 Å². The third-order valence-electron chi connectivity index (χ3n) is 4.13. The van der Waals surface area contributed by atoms with Crippen molar-refractivity contribution in [2.45, 2.75) is 32.7 Å². The minimum absolute atomic E-state index is 0.0197. The number of benzene rings is 2. The summed E-state index contributed by atoms with van der Waals surface area (Å²) >= 11 is 5.90. The van der Waals surface area contributed by atoms with Gasteiger partial charge in [0.1, 0.15) is 12.4 Å². The van der Waals surface area contributed by atoms with E-state index in [1.165, 1.54) is 0 Å². The first-order valence-electron chi connectivity index (χ1n) is 8.44. The average molecular weight is 360 g/mol. The average Bonchev–Trinajstić information content (AvgIpc) is 2.60. The van der Waals surface area contributed by atoms with E-state index in [-0.39, 0.29) is 18.1 Å². The summed E-state index contributed by atoms with van der Waals surface area (Å²) in [5, 5.41) is 0.690. The minimum atomic E-state index is -0.0197. The number of carbonyl (C=O) groups is 1. The molecule has 2 atom stereocenters. The largest absolute Gasteiger partial charge is 0.488 e. The fourth-order valence-corrected chi connectivity index (χ4v) is 3.15. The molecule has 0 N–H and O–H groups in total. The second-order valence-corrected chi connectivity index (χ2v) is 6.82. The van der Waals surface area contributed by atoms with Crippen LogP contribution in [0.2, 0.25) is 5.02 Å². The zero-order valence-electron chi connectivity index (χ0n) is 14.4. The molecule has 2 aromatic rings. The number of halogens is 1. The highest BCUT2D eigenvalue weighted by Gasteiger charge is 2.28. The number of nitrogens with zero attached hydrogens (tertiary/aromatic N) is 1.